The van der Waals surface area contributed by atoms with E-state index in [1.165, 1.54) is 16.4 Å². The molecule has 4 aromatic carbocycles. The van der Waals surface area contributed by atoms with Crippen LogP contribution in [0, 0.1) is 19.8 Å². The summed E-state index contributed by atoms with van der Waals surface area (Å²) in [4.78, 5) is 13.3. The minimum Gasteiger partial charge on any atom is -0.489 e. The second-order valence-electron chi connectivity index (χ2n) is 12.6. The van der Waals surface area contributed by atoms with Gasteiger partial charge in [-0.2, -0.15) is 4.31 Å². The molecule has 0 saturated heterocycles. The average Bonchev–Trinajstić information content (AvgIpc) is 3.56. The topological polar surface area (TPSA) is 124 Å². The molecule has 0 spiro atoms. The van der Waals surface area contributed by atoms with E-state index in [9.17, 15) is 18.3 Å². The first-order chi connectivity index (χ1) is 23.5. The van der Waals surface area contributed by atoms with Crippen LogP contribution in [0.25, 0.3) is 0 Å². The van der Waals surface area contributed by atoms with E-state index in [4.69, 9.17) is 18.9 Å². The van der Waals surface area contributed by atoms with E-state index in [1.54, 1.807) is 6.07 Å². The van der Waals surface area contributed by atoms with Crippen LogP contribution in [-0.4, -0.2) is 62.4 Å². The molecular weight excluding hydrogens is 644 g/mol. The summed E-state index contributed by atoms with van der Waals surface area (Å²) >= 11 is 0. The smallest absolute Gasteiger partial charge is 0.258 e. The summed E-state index contributed by atoms with van der Waals surface area (Å²) in [5.74, 6) is 1.63. The van der Waals surface area contributed by atoms with Crippen LogP contribution in [0.1, 0.15) is 36.1 Å². The average molecular weight is 689 g/mol. The van der Waals surface area contributed by atoms with E-state index < -0.39 is 28.1 Å². The zero-order valence-electron chi connectivity index (χ0n) is 28.3. The Labute approximate surface area is 288 Å². The van der Waals surface area contributed by atoms with Gasteiger partial charge in [0.15, 0.2) is 18.1 Å². The van der Waals surface area contributed by atoms with Crippen molar-refractivity contribution in [2.24, 2.45) is 5.92 Å². The summed E-state index contributed by atoms with van der Waals surface area (Å²) < 4.78 is 51.7. The molecule has 1 heterocycles. The van der Waals surface area contributed by atoms with Crippen molar-refractivity contribution < 1.29 is 37.3 Å². The van der Waals surface area contributed by atoms with Crippen molar-refractivity contribution in [2.45, 2.75) is 57.8 Å². The van der Waals surface area contributed by atoms with Gasteiger partial charge in [0.25, 0.3) is 5.91 Å². The van der Waals surface area contributed by atoms with Crippen molar-refractivity contribution in [3.63, 3.8) is 0 Å². The molecule has 0 unspecified atom stereocenters. The van der Waals surface area contributed by atoms with E-state index in [0.29, 0.717) is 29.6 Å². The lowest BCUT2D eigenvalue weighted by atomic mass is 10.0. The van der Waals surface area contributed by atoms with Gasteiger partial charge in [-0.1, -0.05) is 74.5 Å². The van der Waals surface area contributed by atoms with Crippen molar-refractivity contribution in [1.82, 2.24) is 9.62 Å². The number of nitrogens with one attached hydrogen (secondary N) is 1. The number of para-hydroxylation sites is 1. The fourth-order valence-electron chi connectivity index (χ4n) is 5.61. The Balaban J connectivity index is 1.34. The lowest BCUT2D eigenvalue weighted by molar-refractivity contribution is -0.124. The van der Waals surface area contributed by atoms with Crippen LogP contribution in [0.3, 0.4) is 0 Å². The zero-order chi connectivity index (χ0) is 35.0. The first kappa shape index (κ1) is 35.7. The van der Waals surface area contributed by atoms with Crippen molar-refractivity contribution in [3.8, 4) is 23.0 Å². The molecule has 11 heteroatoms. The molecule has 0 aliphatic carbocycles. The van der Waals surface area contributed by atoms with Gasteiger partial charge in [-0.15, -0.1) is 0 Å². The van der Waals surface area contributed by atoms with Gasteiger partial charge in [0.05, 0.1) is 17.0 Å². The number of aliphatic hydroxyl groups is 1. The maximum absolute atomic E-state index is 13.9. The van der Waals surface area contributed by atoms with Gasteiger partial charge in [-0.05, 0) is 72.7 Å². The maximum atomic E-state index is 13.9. The number of benzene rings is 4. The summed E-state index contributed by atoms with van der Waals surface area (Å²) in [6.45, 7) is 7.68. The van der Waals surface area contributed by atoms with Gasteiger partial charge < -0.3 is 29.4 Å². The molecule has 1 aliphatic heterocycles. The van der Waals surface area contributed by atoms with Crippen LogP contribution in [0.2, 0.25) is 0 Å². The van der Waals surface area contributed by atoms with Gasteiger partial charge in [0.1, 0.15) is 18.1 Å². The van der Waals surface area contributed by atoms with Crippen LogP contribution in [0.4, 0.5) is 0 Å². The predicted octanol–water partition coefficient (Wildman–Crippen LogP) is 5.43. The Morgan fingerprint density at radius 1 is 0.857 bits per heavy atom. The number of amides is 1. The number of ether oxygens (including phenoxy) is 4. The number of carbonyl (C=O) groups excluding carboxylic acids is 1. The third-order valence-electron chi connectivity index (χ3n) is 8.14. The highest BCUT2D eigenvalue weighted by Gasteiger charge is 2.32. The lowest BCUT2D eigenvalue weighted by Gasteiger charge is -2.31. The normalized spacial score (nSPS) is 13.7. The number of aliphatic hydroxyl groups excluding tert-OH is 1. The molecule has 2 N–H and O–H groups in total. The largest absolute Gasteiger partial charge is 0.489 e. The molecule has 4 aromatic rings. The Morgan fingerprint density at radius 2 is 1.55 bits per heavy atom. The van der Waals surface area contributed by atoms with Crippen LogP contribution in [-0.2, 0) is 27.8 Å². The molecule has 0 aromatic heterocycles. The molecule has 1 aliphatic rings. The molecule has 0 fully saturated rings. The summed E-state index contributed by atoms with van der Waals surface area (Å²) in [6, 6.07) is 26.6. The summed E-state index contributed by atoms with van der Waals surface area (Å²) in [6.07, 6.45) is -1.03. The second kappa shape index (κ2) is 16.2. The molecular formula is C38H44N2O8S. The van der Waals surface area contributed by atoms with Crippen molar-refractivity contribution in [2.75, 3.05) is 26.5 Å². The van der Waals surface area contributed by atoms with Crippen molar-refractivity contribution in [1.29, 1.82) is 0 Å². The monoisotopic (exact) mass is 688 g/mol. The number of sulfonamides is 1. The van der Waals surface area contributed by atoms with Crippen molar-refractivity contribution >= 4 is 15.9 Å². The summed E-state index contributed by atoms with van der Waals surface area (Å²) in [5.41, 5.74) is 3.66. The van der Waals surface area contributed by atoms with E-state index in [2.05, 4.69) is 5.32 Å². The number of fused-ring (bicyclic) bond motifs is 1. The number of aryl methyl sites for hydroxylation is 2. The number of carbonyl (C=O) groups is 1. The highest BCUT2D eigenvalue weighted by Crippen LogP contribution is 2.35. The van der Waals surface area contributed by atoms with E-state index in [-0.39, 0.29) is 43.7 Å². The Kier molecular flexibility index (Phi) is 11.8. The quantitative estimate of drug-likeness (QED) is 0.160. The van der Waals surface area contributed by atoms with E-state index in [1.807, 2.05) is 100 Å². The highest BCUT2D eigenvalue weighted by molar-refractivity contribution is 7.89. The SMILES string of the molecule is Cc1cccc(C)c1OCC(=O)N[C@@H](Cc1ccc(OCc2ccccc2)cc1)[C@H](O)CN(CC(C)C)S(=O)(=O)c1ccc2c(c1)OCO2. The maximum Gasteiger partial charge on any atom is 0.258 e. The molecule has 0 saturated carbocycles. The Morgan fingerprint density at radius 3 is 2.24 bits per heavy atom. The fraction of sp³-hybridized carbons (Fsp3) is 0.342. The molecule has 1 amide bonds. The molecule has 0 bridgehead atoms. The third-order valence-corrected chi connectivity index (χ3v) is 9.96. The predicted molar refractivity (Wildman–Crippen MR) is 186 cm³/mol. The van der Waals surface area contributed by atoms with Crippen LogP contribution >= 0.6 is 0 Å². The summed E-state index contributed by atoms with van der Waals surface area (Å²) in [7, 11) is -4.05. The minimum absolute atomic E-state index is 0.0158. The number of hydrogen-bond donors (Lipinski definition) is 2. The van der Waals surface area contributed by atoms with Gasteiger partial charge in [-0.25, -0.2) is 8.42 Å². The fourth-order valence-corrected chi connectivity index (χ4v) is 7.25. The van der Waals surface area contributed by atoms with Crippen LogP contribution in [0.15, 0.2) is 95.9 Å². The second-order valence-corrected chi connectivity index (χ2v) is 14.5. The van der Waals surface area contributed by atoms with Crippen LogP contribution in [0.5, 0.6) is 23.0 Å². The minimum atomic E-state index is -4.05. The van der Waals surface area contributed by atoms with Gasteiger partial charge in [0, 0.05) is 19.2 Å². The molecule has 0 radical (unpaired) electrons. The molecule has 260 valence electrons. The molecule has 2 atom stereocenters. The Hall–Kier alpha value is -4.58. The number of nitrogens with zero attached hydrogens (tertiary/aromatic N) is 1. The first-order valence-corrected chi connectivity index (χ1v) is 17.8. The standard InChI is InChI=1S/C38H44N2O8S/c1-26(2)21-40(49(43,44)32-17-18-35-36(20-32)48-25-47-35)22-34(41)33(39-37(42)24-46-38-27(3)9-8-10-28(38)4)19-29-13-15-31(16-14-29)45-23-30-11-6-5-7-12-30/h5-18,20,26,33-34,41H,19,21-25H2,1-4H3,(H,39,42)/t33-,34+/m0/s1. The van der Waals surface area contributed by atoms with Crippen molar-refractivity contribution in [3.05, 3.63) is 113 Å². The molecule has 10 nitrogen and oxygen atoms in total. The van der Waals surface area contributed by atoms with Gasteiger partial charge in [-0.3, -0.25) is 4.79 Å². The molecule has 5 rings (SSSR count). The van der Waals surface area contributed by atoms with E-state index >= 15 is 0 Å². The first-order valence-electron chi connectivity index (χ1n) is 16.3. The summed E-state index contributed by atoms with van der Waals surface area (Å²) in [5, 5.41) is 14.6. The van der Waals surface area contributed by atoms with Gasteiger partial charge >= 0.3 is 0 Å². The highest BCUT2D eigenvalue weighted by atomic mass is 32.2. The zero-order valence-corrected chi connectivity index (χ0v) is 29.1. The van der Waals surface area contributed by atoms with Gasteiger partial charge in [0.2, 0.25) is 16.8 Å². The van der Waals surface area contributed by atoms with Crippen LogP contribution < -0.4 is 24.3 Å². The lowest BCUT2D eigenvalue weighted by Crippen LogP contribution is -2.52. The Bertz CT molecular complexity index is 1790. The number of hydrogen-bond acceptors (Lipinski definition) is 8. The third kappa shape index (κ3) is 9.53. The number of rotatable bonds is 16. The molecule has 49 heavy (non-hydrogen) atoms. The van der Waals surface area contributed by atoms with E-state index in [0.717, 1.165) is 22.3 Å².